The lowest BCUT2D eigenvalue weighted by atomic mass is 9.98. The monoisotopic (exact) mass is 438 g/mol. The molecule has 1 saturated heterocycles. The molecule has 0 N–H and O–H groups in total. The number of ether oxygens (including phenoxy) is 1. The summed E-state index contributed by atoms with van der Waals surface area (Å²) < 4.78 is 5.85. The van der Waals surface area contributed by atoms with E-state index >= 15 is 0 Å². The summed E-state index contributed by atoms with van der Waals surface area (Å²) in [6.07, 6.45) is 2.96. The van der Waals surface area contributed by atoms with E-state index in [9.17, 15) is 9.59 Å². The van der Waals surface area contributed by atoms with Crippen molar-refractivity contribution in [3.8, 4) is 5.75 Å². The number of likely N-dealkylation sites (tertiary alicyclic amines) is 1. The molecule has 4 rings (SSSR count). The number of carbonyl (C=O) groups is 2. The predicted molar refractivity (Wildman–Crippen MR) is 123 cm³/mol. The van der Waals surface area contributed by atoms with Crippen LogP contribution in [-0.4, -0.2) is 36.4 Å². The van der Waals surface area contributed by atoms with Crippen molar-refractivity contribution in [1.29, 1.82) is 0 Å². The minimum atomic E-state index is -0.326. The third-order valence-corrected chi connectivity index (χ3v) is 5.99. The Balaban J connectivity index is 1.80. The molecule has 0 aliphatic carbocycles. The van der Waals surface area contributed by atoms with E-state index in [1.807, 2.05) is 19.1 Å². The lowest BCUT2D eigenvalue weighted by Crippen LogP contribution is -2.39. The molecular formula is C25H27ClN2O3. The molecule has 31 heavy (non-hydrogen) atoms. The number of carbonyl (C=O) groups excluding carboxylic acids is 2. The number of piperidine rings is 1. The fraction of sp³-hybridized carbons (Fsp3) is 0.360. The van der Waals surface area contributed by atoms with Crippen molar-refractivity contribution in [2.45, 2.75) is 33.1 Å². The van der Waals surface area contributed by atoms with Gasteiger partial charge in [-0.05, 0) is 55.0 Å². The number of imide groups is 1. The van der Waals surface area contributed by atoms with Gasteiger partial charge in [-0.25, -0.2) is 4.90 Å². The molecule has 2 amide bonds. The average Bonchev–Trinajstić information content (AvgIpc) is 3.03. The Hall–Kier alpha value is -2.79. The number of amides is 2. The van der Waals surface area contributed by atoms with E-state index in [1.54, 1.807) is 36.4 Å². The van der Waals surface area contributed by atoms with E-state index in [0.717, 1.165) is 32.4 Å². The van der Waals surface area contributed by atoms with Crippen LogP contribution in [0.1, 0.15) is 38.7 Å². The summed E-state index contributed by atoms with van der Waals surface area (Å²) in [6, 6.07) is 14.3. The summed E-state index contributed by atoms with van der Waals surface area (Å²) in [5, 5.41) is 0.587. The number of anilines is 1. The van der Waals surface area contributed by atoms with Gasteiger partial charge in [-0.2, -0.15) is 0 Å². The molecule has 2 aromatic rings. The van der Waals surface area contributed by atoms with Crippen LogP contribution in [0.4, 0.5) is 5.69 Å². The zero-order valence-corrected chi connectivity index (χ0v) is 18.7. The number of nitrogens with zero attached hydrogens (tertiary/aromatic N) is 2. The summed E-state index contributed by atoms with van der Waals surface area (Å²) in [4.78, 5) is 30.8. The van der Waals surface area contributed by atoms with Gasteiger partial charge in [0.05, 0.1) is 17.9 Å². The maximum atomic E-state index is 13.7. The summed E-state index contributed by atoms with van der Waals surface area (Å²) in [6.45, 7) is 6.23. The fourth-order valence-corrected chi connectivity index (χ4v) is 4.40. The summed E-state index contributed by atoms with van der Waals surface area (Å²) >= 11 is 6.08. The molecule has 0 saturated carbocycles. The number of rotatable bonds is 6. The van der Waals surface area contributed by atoms with Gasteiger partial charge in [0, 0.05) is 18.1 Å². The molecule has 0 spiro atoms. The van der Waals surface area contributed by atoms with Crippen molar-refractivity contribution in [2.75, 3.05) is 24.6 Å². The molecule has 2 aliphatic heterocycles. The Morgan fingerprint density at radius 3 is 2.52 bits per heavy atom. The van der Waals surface area contributed by atoms with Crippen LogP contribution in [0, 0.1) is 5.92 Å². The van der Waals surface area contributed by atoms with Crippen molar-refractivity contribution in [3.63, 3.8) is 0 Å². The Morgan fingerprint density at radius 1 is 1.06 bits per heavy atom. The van der Waals surface area contributed by atoms with E-state index in [0.29, 0.717) is 45.8 Å². The number of para-hydroxylation sites is 2. The highest BCUT2D eigenvalue weighted by Crippen LogP contribution is 2.39. The van der Waals surface area contributed by atoms with Crippen LogP contribution in [0.2, 0.25) is 5.02 Å². The third kappa shape index (κ3) is 4.19. The van der Waals surface area contributed by atoms with Gasteiger partial charge in [0.25, 0.3) is 11.8 Å². The quantitative estimate of drug-likeness (QED) is 0.585. The molecule has 2 aliphatic rings. The van der Waals surface area contributed by atoms with Gasteiger partial charge in [-0.3, -0.25) is 9.59 Å². The molecule has 1 unspecified atom stereocenters. The predicted octanol–water partition coefficient (Wildman–Crippen LogP) is 5.15. The highest BCUT2D eigenvalue weighted by molar-refractivity contribution is 6.45. The second-order valence-electron chi connectivity index (χ2n) is 8.19. The second kappa shape index (κ2) is 9.15. The molecule has 0 bridgehead atoms. The maximum absolute atomic E-state index is 13.7. The minimum Gasteiger partial charge on any atom is -0.491 e. The number of benzene rings is 2. The first-order valence-electron chi connectivity index (χ1n) is 10.9. The van der Waals surface area contributed by atoms with Crippen molar-refractivity contribution in [1.82, 2.24) is 4.90 Å². The Morgan fingerprint density at radius 2 is 1.81 bits per heavy atom. The van der Waals surface area contributed by atoms with Crippen LogP contribution in [0.3, 0.4) is 0 Å². The number of hydrogen-bond donors (Lipinski definition) is 0. The van der Waals surface area contributed by atoms with Crippen LogP contribution < -0.4 is 9.64 Å². The van der Waals surface area contributed by atoms with Crippen molar-refractivity contribution < 1.29 is 14.3 Å². The molecule has 1 atom stereocenters. The van der Waals surface area contributed by atoms with Crippen LogP contribution in [0.5, 0.6) is 5.75 Å². The zero-order chi connectivity index (χ0) is 22.0. The van der Waals surface area contributed by atoms with E-state index < -0.39 is 0 Å². The second-order valence-corrected chi connectivity index (χ2v) is 8.62. The van der Waals surface area contributed by atoms with Crippen molar-refractivity contribution in [3.05, 3.63) is 64.8 Å². The standard InChI is InChI=1S/C25H27ClN2O3/c1-3-15-31-21-9-5-4-8-20(21)28-24(29)22(18-10-12-19(26)13-11-18)23(25(28)30)27-14-6-7-17(2)16-27/h4-5,8-13,17H,3,6-7,14-16H2,1-2H3. The van der Waals surface area contributed by atoms with Crippen molar-refractivity contribution >= 4 is 34.7 Å². The zero-order valence-electron chi connectivity index (χ0n) is 17.9. The van der Waals surface area contributed by atoms with E-state index in [1.165, 1.54) is 4.90 Å². The molecule has 5 nitrogen and oxygen atoms in total. The van der Waals surface area contributed by atoms with Gasteiger partial charge in [0.15, 0.2) is 0 Å². The molecule has 2 aromatic carbocycles. The van der Waals surface area contributed by atoms with Gasteiger partial charge in [-0.1, -0.05) is 49.7 Å². The Kier molecular flexibility index (Phi) is 6.33. The van der Waals surface area contributed by atoms with Gasteiger partial charge in [0.1, 0.15) is 11.4 Å². The summed E-state index contributed by atoms with van der Waals surface area (Å²) in [5.74, 6) is 0.379. The minimum absolute atomic E-state index is 0.295. The van der Waals surface area contributed by atoms with Crippen LogP contribution in [-0.2, 0) is 9.59 Å². The van der Waals surface area contributed by atoms with Crippen LogP contribution in [0.25, 0.3) is 5.57 Å². The van der Waals surface area contributed by atoms with E-state index in [4.69, 9.17) is 16.3 Å². The van der Waals surface area contributed by atoms with E-state index in [2.05, 4.69) is 11.8 Å². The van der Waals surface area contributed by atoms with Gasteiger partial charge in [-0.15, -0.1) is 0 Å². The highest BCUT2D eigenvalue weighted by Gasteiger charge is 2.44. The first kappa shape index (κ1) is 21.4. The van der Waals surface area contributed by atoms with Gasteiger partial charge >= 0.3 is 0 Å². The topological polar surface area (TPSA) is 49.9 Å². The SMILES string of the molecule is CCCOc1ccccc1N1C(=O)C(c2ccc(Cl)cc2)=C(N2CCCC(C)C2)C1=O. The number of hydrogen-bond acceptors (Lipinski definition) is 4. The fourth-order valence-electron chi connectivity index (χ4n) is 4.28. The van der Waals surface area contributed by atoms with Crippen LogP contribution in [0.15, 0.2) is 54.2 Å². The number of halogens is 1. The lowest BCUT2D eigenvalue weighted by Gasteiger charge is -2.33. The average molecular weight is 439 g/mol. The highest BCUT2D eigenvalue weighted by atomic mass is 35.5. The van der Waals surface area contributed by atoms with Crippen LogP contribution >= 0.6 is 11.6 Å². The molecule has 162 valence electrons. The largest absolute Gasteiger partial charge is 0.491 e. The van der Waals surface area contributed by atoms with Gasteiger partial charge in [0.2, 0.25) is 0 Å². The summed E-state index contributed by atoms with van der Waals surface area (Å²) in [7, 11) is 0. The molecule has 6 heteroatoms. The van der Waals surface area contributed by atoms with Crippen molar-refractivity contribution in [2.24, 2.45) is 5.92 Å². The molecule has 1 fully saturated rings. The Labute approximate surface area is 188 Å². The normalized spacial score (nSPS) is 19.4. The lowest BCUT2D eigenvalue weighted by molar-refractivity contribution is -0.120. The maximum Gasteiger partial charge on any atom is 0.282 e. The van der Waals surface area contributed by atoms with Gasteiger partial charge < -0.3 is 9.64 Å². The third-order valence-electron chi connectivity index (χ3n) is 5.73. The molecular weight excluding hydrogens is 412 g/mol. The molecule has 0 radical (unpaired) electrons. The smallest absolute Gasteiger partial charge is 0.282 e. The molecule has 0 aromatic heterocycles. The van der Waals surface area contributed by atoms with E-state index in [-0.39, 0.29) is 11.8 Å². The summed E-state index contributed by atoms with van der Waals surface area (Å²) in [5.41, 5.74) is 2.09. The molecule has 2 heterocycles. The Bertz CT molecular complexity index is 1020. The first-order chi connectivity index (χ1) is 15.0. The first-order valence-corrected chi connectivity index (χ1v) is 11.2.